The average Bonchev–Trinajstić information content (AvgIpc) is 1.81. The van der Waals surface area contributed by atoms with Gasteiger partial charge in [-0.1, -0.05) is 6.92 Å². The van der Waals surface area contributed by atoms with Crippen LogP contribution in [0.5, 0.6) is 0 Å². The number of carboxylic acid groups (broad SMARTS) is 1. The van der Waals surface area contributed by atoms with Gasteiger partial charge >= 0.3 is 5.97 Å². The minimum atomic E-state index is -0.967. The van der Waals surface area contributed by atoms with Crippen molar-refractivity contribution >= 4 is 5.97 Å². The molecule has 1 aliphatic heterocycles. The van der Waals surface area contributed by atoms with Gasteiger partial charge in [0.25, 0.3) is 0 Å². The Labute approximate surface area is 64.8 Å². The number of aliphatic hydroxyl groups is 1. The van der Waals surface area contributed by atoms with E-state index in [1.54, 1.807) is 0 Å². The van der Waals surface area contributed by atoms with Crippen LogP contribution in [0.2, 0.25) is 0 Å². The first-order valence-electron chi connectivity index (χ1n) is 3.52. The van der Waals surface area contributed by atoms with Crippen molar-refractivity contribution in [3.8, 4) is 0 Å². The molecule has 64 valence electrons. The lowest BCUT2D eigenvalue weighted by atomic mass is 9.81. The van der Waals surface area contributed by atoms with Crippen LogP contribution in [0.3, 0.4) is 0 Å². The Morgan fingerprint density at radius 3 is 2.55 bits per heavy atom. The van der Waals surface area contributed by atoms with Gasteiger partial charge in [-0.25, -0.2) is 0 Å². The summed E-state index contributed by atoms with van der Waals surface area (Å²) < 4.78 is 4.89. The zero-order valence-corrected chi connectivity index (χ0v) is 6.41. The van der Waals surface area contributed by atoms with Crippen LogP contribution in [0, 0.1) is 5.41 Å². The fourth-order valence-electron chi connectivity index (χ4n) is 1.03. The maximum atomic E-state index is 10.2. The van der Waals surface area contributed by atoms with E-state index >= 15 is 0 Å². The Hall–Kier alpha value is -0.610. The Kier molecular flexibility index (Phi) is 2.15. The molecule has 1 heterocycles. The highest BCUT2D eigenvalue weighted by Gasteiger charge is 2.41. The highest BCUT2D eigenvalue weighted by Crippen LogP contribution is 2.31. The molecule has 0 saturated carbocycles. The minimum absolute atomic E-state index is 0.195. The fraction of sp³-hybridized carbons (Fsp3) is 0.857. The molecule has 0 aromatic heterocycles. The fourth-order valence-corrected chi connectivity index (χ4v) is 1.03. The summed E-state index contributed by atoms with van der Waals surface area (Å²) in [4.78, 5) is 10.2. The van der Waals surface area contributed by atoms with Crippen molar-refractivity contribution < 1.29 is 19.7 Å². The van der Waals surface area contributed by atoms with Crippen molar-refractivity contribution in [3.05, 3.63) is 0 Å². The van der Waals surface area contributed by atoms with Crippen LogP contribution < -0.4 is 0 Å². The van der Waals surface area contributed by atoms with Crippen LogP contribution in [-0.2, 0) is 9.53 Å². The summed E-state index contributed by atoms with van der Waals surface area (Å²) in [5, 5.41) is 17.7. The van der Waals surface area contributed by atoms with Gasteiger partial charge in [-0.2, -0.15) is 0 Å². The summed E-state index contributed by atoms with van der Waals surface area (Å²) in [5.74, 6) is -0.967. The molecule has 11 heavy (non-hydrogen) atoms. The highest BCUT2D eigenvalue weighted by atomic mass is 16.5. The standard InChI is InChI=1S/C7H12O4/c1-7(3-11-4-7)5(8)2-6(9)10/h5,8H,2-4H2,1H3,(H,9,10). The van der Waals surface area contributed by atoms with E-state index in [-0.39, 0.29) is 11.8 Å². The van der Waals surface area contributed by atoms with Gasteiger partial charge in [0.2, 0.25) is 0 Å². The number of carbonyl (C=O) groups is 1. The van der Waals surface area contributed by atoms with Crippen LogP contribution >= 0.6 is 0 Å². The monoisotopic (exact) mass is 160 g/mol. The molecule has 1 fully saturated rings. The second-order valence-corrected chi connectivity index (χ2v) is 3.26. The third-order valence-corrected chi connectivity index (χ3v) is 2.04. The SMILES string of the molecule is CC1(C(O)CC(=O)O)COC1. The number of hydrogen-bond donors (Lipinski definition) is 2. The lowest BCUT2D eigenvalue weighted by Crippen LogP contribution is -2.49. The van der Waals surface area contributed by atoms with Gasteiger partial charge < -0.3 is 14.9 Å². The molecule has 4 nitrogen and oxygen atoms in total. The van der Waals surface area contributed by atoms with E-state index in [0.29, 0.717) is 13.2 Å². The molecule has 1 atom stereocenters. The van der Waals surface area contributed by atoms with E-state index in [2.05, 4.69) is 0 Å². The Bertz CT molecular complexity index is 162. The first-order chi connectivity index (χ1) is 5.04. The molecule has 0 amide bonds. The van der Waals surface area contributed by atoms with Crippen LogP contribution in [0.25, 0.3) is 0 Å². The number of aliphatic carboxylic acids is 1. The molecule has 0 aliphatic carbocycles. The second kappa shape index (κ2) is 2.79. The summed E-state index contributed by atoms with van der Waals surface area (Å²) >= 11 is 0. The maximum Gasteiger partial charge on any atom is 0.305 e. The zero-order valence-electron chi connectivity index (χ0n) is 6.41. The van der Waals surface area contributed by atoms with E-state index in [1.165, 1.54) is 0 Å². The Balaban J connectivity index is 2.40. The minimum Gasteiger partial charge on any atom is -0.481 e. The Morgan fingerprint density at radius 1 is 1.73 bits per heavy atom. The molecule has 0 spiro atoms. The number of rotatable bonds is 3. The van der Waals surface area contributed by atoms with Crippen molar-refractivity contribution in [3.63, 3.8) is 0 Å². The summed E-state index contributed by atoms with van der Waals surface area (Å²) in [6.45, 7) is 2.74. The van der Waals surface area contributed by atoms with Crippen LogP contribution in [0.15, 0.2) is 0 Å². The first kappa shape index (κ1) is 8.49. The summed E-state index contributed by atoms with van der Waals surface area (Å²) in [5.41, 5.74) is -0.335. The average molecular weight is 160 g/mol. The van der Waals surface area contributed by atoms with Crippen molar-refractivity contribution in [2.75, 3.05) is 13.2 Å². The first-order valence-corrected chi connectivity index (χ1v) is 3.52. The van der Waals surface area contributed by atoms with E-state index in [9.17, 15) is 9.90 Å². The number of hydrogen-bond acceptors (Lipinski definition) is 3. The largest absolute Gasteiger partial charge is 0.481 e. The lowest BCUT2D eigenvalue weighted by Gasteiger charge is -2.41. The lowest BCUT2D eigenvalue weighted by molar-refractivity contribution is -0.171. The van der Waals surface area contributed by atoms with Crippen molar-refractivity contribution in [2.24, 2.45) is 5.41 Å². The van der Waals surface area contributed by atoms with Gasteiger partial charge in [-0.05, 0) is 0 Å². The van der Waals surface area contributed by atoms with Gasteiger partial charge in [-0.15, -0.1) is 0 Å². The van der Waals surface area contributed by atoms with Crippen molar-refractivity contribution in [1.82, 2.24) is 0 Å². The highest BCUT2D eigenvalue weighted by molar-refractivity contribution is 5.67. The van der Waals surface area contributed by atoms with E-state index in [4.69, 9.17) is 9.84 Å². The van der Waals surface area contributed by atoms with Crippen molar-refractivity contribution in [2.45, 2.75) is 19.4 Å². The quantitative estimate of drug-likeness (QED) is 0.603. The molecule has 1 rings (SSSR count). The topological polar surface area (TPSA) is 66.8 Å². The number of carboxylic acids is 1. The molecule has 0 aromatic carbocycles. The molecule has 0 bridgehead atoms. The third-order valence-electron chi connectivity index (χ3n) is 2.04. The molecule has 2 N–H and O–H groups in total. The van der Waals surface area contributed by atoms with Crippen LogP contribution in [0.4, 0.5) is 0 Å². The van der Waals surface area contributed by atoms with Gasteiger partial charge in [0.1, 0.15) is 0 Å². The van der Waals surface area contributed by atoms with E-state index in [1.807, 2.05) is 6.92 Å². The van der Waals surface area contributed by atoms with Crippen molar-refractivity contribution in [1.29, 1.82) is 0 Å². The van der Waals surface area contributed by atoms with E-state index in [0.717, 1.165) is 0 Å². The van der Waals surface area contributed by atoms with E-state index < -0.39 is 12.1 Å². The van der Waals surface area contributed by atoms with Gasteiger partial charge in [0, 0.05) is 5.41 Å². The molecular weight excluding hydrogens is 148 g/mol. The smallest absolute Gasteiger partial charge is 0.305 e. The van der Waals surface area contributed by atoms with Gasteiger partial charge in [-0.3, -0.25) is 4.79 Å². The third kappa shape index (κ3) is 1.70. The number of aliphatic hydroxyl groups excluding tert-OH is 1. The number of ether oxygens (including phenoxy) is 1. The predicted molar refractivity (Wildman–Crippen MR) is 37.2 cm³/mol. The predicted octanol–water partition coefficient (Wildman–Crippen LogP) is -0.141. The summed E-state index contributed by atoms with van der Waals surface area (Å²) in [6, 6.07) is 0. The Morgan fingerprint density at radius 2 is 2.27 bits per heavy atom. The second-order valence-electron chi connectivity index (χ2n) is 3.26. The summed E-state index contributed by atoms with van der Waals surface area (Å²) in [7, 11) is 0. The molecule has 1 aliphatic rings. The molecule has 0 aromatic rings. The molecule has 4 heteroatoms. The molecular formula is C7H12O4. The van der Waals surface area contributed by atoms with Crippen LogP contribution in [0.1, 0.15) is 13.3 Å². The summed E-state index contributed by atoms with van der Waals surface area (Å²) in [6.07, 6.45) is -0.978. The normalized spacial score (nSPS) is 23.8. The van der Waals surface area contributed by atoms with Gasteiger partial charge in [0.15, 0.2) is 0 Å². The zero-order chi connectivity index (χ0) is 8.48. The maximum absolute atomic E-state index is 10.2. The molecule has 0 radical (unpaired) electrons. The molecule has 1 unspecified atom stereocenters. The van der Waals surface area contributed by atoms with Crippen LogP contribution in [-0.4, -0.2) is 35.5 Å². The molecule has 1 saturated heterocycles. The van der Waals surface area contributed by atoms with Gasteiger partial charge in [0.05, 0.1) is 25.7 Å².